The molecule has 0 amide bonds. The zero-order valence-corrected chi connectivity index (χ0v) is 30.3. The summed E-state index contributed by atoms with van der Waals surface area (Å²) in [6.45, 7) is 9.70. The summed E-state index contributed by atoms with van der Waals surface area (Å²) >= 11 is 0. The Morgan fingerprint density at radius 3 is 1.52 bits per heavy atom. The maximum Gasteiger partial charge on any atom is 0.0405 e. The molecular weight excluding hydrogens is 570 g/mol. The lowest BCUT2D eigenvalue weighted by molar-refractivity contribution is 0.0129. The van der Waals surface area contributed by atoms with Gasteiger partial charge in [0.25, 0.3) is 0 Å². The molecule has 44 heavy (non-hydrogen) atoms. The normalized spacial score (nSPS) is 46.1. The highest BCUT2D eigenvalue weighted by Crippen LogP contribution is 2.72. The van der Waals surface area contributed by atoms with Crippen LogP contribution in [0, 0.1) is 47.3 Å². The van der Waals surface area contributed by atoms with Gasteiger partial charge in [-0.25, -0.2) is 0 Å². The van der Waals surface area contributed by atoms with E-state index in [-0.39, 0.29) is 18.5 Å². The van der Waals surface area contributed by atoms with Gasteiger partial charge in [0.1, 0.15) is 0 Å². The summed E-state index contributed by atoms with van der Waals surface area (Å²) in [4.78, 5) is 0. The minimum absolute atomic E-state index is 0.0123. The number of nitrogens with one attached hydrogen (secondary N) is 2. The smallest absolute Gasteiger partial charge is 0.0405 e. The number of benzene rings is 1. The monoisotopic (exact) mass is 632 g/mol. The van der Waals surface area contributed by atoms with Crippen LogP contribution in [0.1, 0.15) is 127 Å². The maximum atomic E-state index is 4.07. The van der Waals surface area contributed by atoms with E-state index in [0.717, 1.165) is 58.7 Å². The van der Waals surface area contributed by atoms with Crippen LogP contribution in [0.3, 0.4) is 0 Å². The lowest BCUT2D eigenvalue weighted by Gasteiger charge is -2.62. The van der Waals surface area contributed by atoms with Crippen molar-refractivity contribution in [2.75, 3.05) is 13.1 Å². The Hall–Kier alpha value is -0.0000000000000000555. The Kier molecular flexibility index (Phi) is 7.71. The third kappa shape index (κ3) is 4.99. The van der Waals surface area contributed by atoms with E-state index in [0.29, 0.717) is 12.1 Å². The van der Waals surface area contributed by atoms with Crippen LogP contribution < -0.4 is 10.6 Å². The lowest BCUT2D eigenvalue weighted by Crippen LogP contribution is -2.53. The van der Waals surface area contributed by atoms with Crippen LogP contribution in [-0.2, 0) is 16.7 Å². The van der Waals surface area contributed by atoms with Crippen molar-refractivity contribution in [3.05, 3.63) is 34.9 Å². The van der Waals surface area contributed by atoms with Gasteiger partial charge in [0.2, 0.25) is 0 Å². The molecule has 3 unspecified atom stereocenters. The zero-order valence-electron chi connectivity index (χ0n) is 28.2. The van der Waals surface area contributed by atoms with Crippen molar-refractivity contribution < 1.29 is 0 Å². The van der Waals surface area contributed by atoms with Crippen molar-refractivity contribution in [2.45, 2.75) is 151 Å². The van der Waals surface area contributed by atoms with Gasteiger partial charge in [0.15, 0.2) is 0 Å². The highest BCUT2D eigenvalue weighted by molar-refractivity contribution is 7.58. The highest BCUT2D eigenvalue weighted by Gasteiger charge is 2.57. The summed E-state index contributed by atoms with van der Waals surface area (Å²) in [6, 6.07) is 9.16. The first-order chi connectivity index (χ1) is 21.2. The SMILES string of the molecule is CC(C)(C)c1ccc(CP(C2C3CC4CC(C3)CC2C4)C2C3CC4CC(C3)CC2C4)c(C(P)(C2CCCN2)C2CCCN2)c1. The molecule has 10 fully saturated rings. The molecule has 1 aromatic rings. The van der Waals surface area contributed by atoms with Crippen molar-refractivity contribution in [3.8, 4) is 0 Å². The Bertz CT molecular complexity index is 1110. The number of rotatable bonds is 7. The molecular formula is C40H62N2P2. The molecule has 2 heterocycles. The van der Waals surface area contributed by atoms with Crippen LogP contribution in [0.15, 0.2) is 18.2 Å². The molecule has 8 bridgehead atoms. The van der Waals surface area contributed by atoms with E-state index in [2.05, 4.69) is 58.8 Å². The van der Waals surface area contributed by atoms with Gasteiger partial charge in [-0.3, -0.25) is 0 Å². The molecule has 2 nitrogen and oxygen atoms in total. The standard InChI is InChI=1S/C40H62N2P2/c1-39(2,3)33-9-8-28(34(22-33)40(43,35-6-4-10-41-35)36-7-5-11-42-36)23-44(37-29-14-24-12-25(16-29)17-30(37)15-24)38-31-18-26-13-27(20-31)21-32(38)19-26/h8-9,22,24-27,29-32,35-38,41-42H,4-7,10-21,23,43H2,1-3H3. The quantitative estimate of drug-likeness (QED) is 0.293. The lowest BCUT2D eigenvalue weighted by atomic mass is 9.55. The molecule has 2 N–H and O–H groups in total. The summed E-state index contributed by atoms with van der Waals surface area (Å²) in [5.41, 5.74) is 7.39. The summed E-state index contributed by atoms with van der Waals surface area (Å²) in [5.74, 6) is 8.64. The van der Waals surface area contributed by atoms with Gasteiger partial charge in [-0.2, -0.15) is 0 Å². The van der Waals surface area contributed by atoms with Gasteiger partial charge in [0.05, 0.1) is 0 Å². The van der Waals surface area contributed by atoms with Crippen LogP contribution in [0.4, 0.5) is 0 Å². The third-order valence-electron chi connectivity index (χ3n) is 15.2. The predicted molar refractivity (Wildman–Crippen MR) is 191 cm³/mol. The second-order valence-electron chi connectivity index (χ2n) is 18.9. The minimum atomic E-state index is -0.0123. The van der Waals surface area contributed by atoms with E-state index in [1.165, 1.54) is 44.9 Å². The highest BCUT2D eigenvalue weighted by atomic mass is 31.1. The van der Waals surface area contributed by atoms with Crippen LogP contribution in [0.2, 0.25) is 0 Å². The van der Waals surface area contributed by atoms with Crippen LogP contribution >= 0.6 is 17.2 Å². The number of hydrogen-bond donors (Lipinski definition) is 2. The van der Waals surface area contributed by atoms with Crippen molar-refractivity contribution in [2.24, 2.45) is 47.3 Å². The second-order valence-corrected chi connectivity index (χ2v) is 22.4. The molecule has 4 heteroatoms. The molecule has 0 aromatic heterocycles. The molecule has 2 aliphatic heterocycles. The average molecular weight is 633 g/mol. The zero-order chi connectivity index (χ0) is 29.8. The van der Waals surface area contributed by atoms with Gasteiger partial charge in [-0.1, -0.05) is 46.9 Å². The molecule has 0 radical (unpaired) electrons. The van der Waals surface area contributed by atoms with Gasteiger partial charge in [-0.05, 0) is 190 Å². The first-order valence-corrected chi connectivity index (χ1v) is 21.6. The van der Waals surface area contributed by atoms with Gasteiger partial charge in [0, 0.05) is 17.2 Å². The van der Waals surface area contributed by atoms with E-state index in [1.807, 2.05) is 0 Å². The van der Waals surface area contributed by atoms with E-state index < -0.39 is 0 Å². The Morgan fingerprint density at radius 1 is 0.682 bits per heavy atom. The molecule has 3 atom stereocenters. The molecule has 11 rings (SSSR count). The average Bonchev–Trinajstić information content (AvgIpc) is 3.71. The van der Waals surface area contributed by atoms with Crippen molar-refractivity contribution in [1.29, 1.82) is 0 Å². The van der Waals surface area contributed by atoms with Crippen LogP contribution in [0.5, 0.6) is 0 Å². The minimum Gasteiger partial charge on any atom is -0.313 e. The van der Waals surface area contributed by atoms with Gasteiger partial charge in [-0.15, -0.1) is 9.24 Å². The molecule has 2 saturated heterocycles. The Labute approximate surface area is 273 Å². The fourth-order valence-electron chi connectivity index (χ4n) is 13.9. The van der Waals surface area contributed by atoms with Crippen molar-refractivity contribution in [1.82, 2.24) is 10.6 Å². The van der Waals surface area contributed by atoms with Crippen molar-refractivity contribution in [3.63, 3.8) is 0 Å². The fraction of sp³-hybridized carbons (Fsp3) is 0.850. The third-order valence-corrected chi connectivity index (χ3v) is 20.2. The largest absolute Gasteiger partial charge is 0.313 e. The molecule has 8 aliphatic carbocycles. The van der Waals surface area contributed by atoms with Crippen LogP contribution in [0.25, 0.3) is 0 Å². The van der Waals surface area contributed by atoms with Crippen molar-refractivity contribution >= 4 is 17.2 Å². The number of hydrogen-bond acceptors (Lipinski definition) is 2. The van der Waals surface area contributed by atoms with Gasteiger partial charge >= 0.3 is 0 Å². The first-order valence-electron chi connectivity index (χ1n) is 19.4. The molecule has 0 spiro atoms. The maximum absolute atomic E-state index is 4.07. The summed E-state index contributed by atoms with van der Waals surface area (Å²) in [7, 11) is 3.57. The fourth-order valence-corrected chi connectivity index (χ4v) is 19.3. The summed E-state index contributed by atoms with van der Waals surface area (Å²) in [5, 5.41) is 8.22. The second kappa shape index (κ2) is 11.3. The summed E-state index contributed by atoms with van der Waals surface area (Å²) < 4.78 is 0. The van der Waals surface area contributed by atoms with E-state index in [4.69, 9.17) is 0 Å². The first kappa shape index (κ1) is 30.1. The molecule has 242 valence electrons. The summed E-state index contributed by atoms with van der Waals surface area (Å²) in [6.07, 6.45) is 22.7. The molecule has 10 aliphatic rings. The van der Waals surface area contributed by atoms with E-state index in [1.54, 1.807) is 80.9 Å². The molecule has 1 aromatic carbocycles. The van der Waals surface area contributed by atoms with E-state index >= 15 is 0 Å². The Balaban J connectivity index is 1.15. The predicted octanol–water partition coefficient (Wildman–Crippen LogP) is 9.19. The Morgan fingerprint density at radius 2 is 1.14 bits per heavy atom. The van der Waals surface area contributed by atoms with Gasteiger partial charge < -0.3 is 10.6 Å². The molecule has 8 saturated carbocycles. The van der Waals surface area contributed by atoms with E-state index in [9.17, 15) is 0 Å². The topological polar surface area (TPSA) is 24.1 Å². The van der Waals surface area contributed by atoms with Crippen LogP contribution in [-0.4, -0.2) is 36.5 Å².